The second-order valence-corrected chi connectivity index (χ2v) is 4.47. The van der Waals surface area contributed by atoms with Gasteiger partial charge in [0.2, 0.25) is 6.79 Å². The van der Waals surface area contributed by atoms with Crippen molar-refractivity contribution in [1.82, 2.24) is 15.1 Å². The Bertz CT molecular complexity index is 566. The molecule has 2 heterocycles. The number of ether oxygens (including phenoxy) is 2. The first-order chi connectivity index (χ1) is 9.36. The smallest absolute Gasteiger partial charge is 0.231 e. The Kier molecular flexibility index (Phi) is 3.37. The van der Waals surface area contributed by atoms with Crippen LogP contribution in [0, 0.1) is 0 Å². The van der Waals surface area contributed by atoms with Gasteiger partial charge in [0, 0.05) is 18.8 Å². The molecule has 2 aromatic rings. The van der Waals surface area contributed by atoms with E-state index >= 15 is 0 Å². The molecule has 0 atom stereocenters. The molecule has 1 aromatic carbocycles. The van der Waals surface area contributed by atoms with Gasteiger partial charge in [-0.2, -0.15) is 5.10 Å². The van der Waals surface area contributed by atoms with Gasteiger partial charge in [-0.3, -0.25) is 0 Å². The van der Waals surface area contributed by atoms with Crippen molar-refractivity contribution in [3.8, 4) is 17.2 Å². The summed E-state index contributed by atoms with van der Waals surface area (Å²) in [6.45, 7) is 4.25. The molecule has 1 N–H and O–H groups in total. The van der Waals surface area contributed by atoms with Gasteiger partial charge in [0.1, 0.15) is 0 Å². The Morgan fingerprint density at radius 3 is 3.05 bits per heavy atom. The lowest BCUT2D eigenvalue weighted by molar-refractivity contribution is 0.174. The number of hydrogen-bond acceptors (Lipinski definition) is 4. The maximum atomic E-state index is 5.37. The fourth-order valence-corrected chi connectivity index (χ4v) is 2.02. The van der Waals surface area contributed by atoms with E-state index < -0.39 is 0 Å². The molecular formula is C14H17N3O2. The third kappa shape index (κ3) is 2.56. The highest BCUT2D eigenvalue weighted by Crippen LogP contribution is 2.33. The molecule has 19 heavy (non-hydrogen) atoms. The zero-order valence-corrected chi connectivity index (χ0v) is 10.9. The second-order valence-electron chi connectivity index (χ2n) is 4.47. The molecule has 0 radical (unpaired) electrons. The van der Waals surface area contributed by atoms with E-state index in [-0.39, 0.29) is 0 Å². The molecule has 1 aliphatic heterocycles. The minimum absolute atomic E-state index is 0.296. The van der Waals surface area contributed by atoms with E-state index in [1.54, 1.807) is 0 Å². The fraction of sp³-hybridized carbons (Fsp3) is 0.357. The van der Waals surface area contributed by atoms with Crippen molar-refractivity contribution in [1.29, 1.82) is 0 Å². The molecule has 0 saturated heterocycles. The van der Waals surface area contributed by atoms with E-state index in [0.717, 1.165) is 42.4 Å². The van der Waals surface area contributed by atoms with Gasteiger partial charge < -0.3 is 14.8 Å². The largest absolute Gasteiger partial charge is 0.454 e. The molecule has 1 aromatic heterocycles. The Labute approximate surface area is 112 Å². The molecule has 0 bridgehead atoms. The van der Waals surface area contributed by atoms with Gasteiger partial charge in [-0.1, -0.05) is 6.92 Å². The van der Waals surface area contributed by atoms with Crippen molar-refractivity contribution >= 4 is 0 Å². The van der Waals surface area contributed by atoms with Crippen LogP contribution in [0.4, 0.5) is 0 Å². The molecule has 0 spiro atoms. The van der Waals surface area contributed by atoms with Gasteiger partial charge in [-0.05, 0) is 31.2 Å². The van der Waals surface area contributed by atoms with Crippen LogP contribution in [-0.2, 0) is 6.54 Å². The van der Waals surface area contributed by atoms with Crippen molar-refractivity contribution < 1.29 is 9.47 Å². The van der Waals surface area contributed by atoms with Crippen LogP contribution in [0.25, 0.3) is 5.69 Å². The molecule has 0 unspecified atom stereocenters. The highest BCUT2D eigenvalue weighted by molar-refractivity contribution is 5.49. The van der Waals surface area contributed by atoms with Crippen molar-refractivity contribution in [2.24, 2.45) is 0 Å². The Morgan fingerprint density at radius 2 is 2.16 bits per heavy atom. The summed E-state index contributed by atoms with van der Waals surface area (Å²) in [5.74, 6) is 1.57. The van der Waals surface area contributed by atoms with Gasteiger partial charge in [0.05, 0.1) is 11.4 Å². The highest BCUT2D eigenvalue weighted by Gasteiger charge is 2.14. The normalized spacial score (nSPS) is 12.9. The maximum absolute atomic E-state index is 5.37. The minimum Gasteiger partial charge on any atom is -0.454 e. The molecule has 0 aliphatic carbocycles. The minimum atomic E-state index is 0.296. The predicted molar refractivity (Wildman–Crippen MR) is 71.7 cm³/mol. The average molecular weight is 259 g/mol. The number of benzene rings is 1. The molecule has 0 saturated carbocycles. The van der Waals surface area contributed by atoms with Crippen LogP contribution in [0.3, 0.4) is 0 Å². The summed E-state index contributed by atoms with van der Waals surface area (Å²) in [5, 5.41) is 7.87. The lowest BCUT2D eigenvalue weighted by Crippen LogP contribution is -2.14. The first-order valence-electron chi connectivity index (χ1n) is 6.52. The standard InChI is InChI=1S/C14H17N3O2/c1-2-6-15-9-11-5-7-17(16-11)12-3-4-13-14(8-12)19-10-18-13/h3-5,7-8,15H,2,6,9-10H2,1H3. The summed E-state index contributed by atoms with van der Waals surface area (Å²) in [5.41, 5.74) is 2.01. The van der Waals surface area contributed by atoms with Crippen molar-refractivity contribution in [3.63, 3.8) is 0 Å². The molecule has 5 nitrogen and oxygen atoms in total. The van der Waals surface area contributed by atoms with E-state index in [2.05, 4.69) is 17.3 Å². The van der Waals surface area contributed by atoms with Crippen LogP contribution in [-0.4, -0.2) is 23.1 Å². The number of aromatic nitrogens is 2. The van der Waals surface area contributed by atoms with E-state index in [4.69, 9.17) is 9.47 Å². The highest BCUT2D eigenvalue weighted by atomic mass is 16.7. The Balaban J connectivity index is 1.75. The van der Waals surface area contributed by atoms with Gasteiger partial charge in [-0.25, -0.2) is 4.68 Å². The third-order valence-electron chi connectivity index (χ3n) is 3.00. The van der Waals surface area contributed by atoms with Crippen LogP contribution in [0.15, 0.2) is 30.5 Å². The number of hydrogen-bond donors (Lipinski definition) is 1. The lowest BCUT2D eigenvalue weighted by Gasteiger charge is -2.03. The van der Waals surface area contributed by atoms with Crippen molar-refractivity contribution in [2.45, 2.75) is 19.9 Å². The quantitative estimate of drug-likeness (QED) is 0.835. The zero-order chi connectivity index (χ0) is 13.1. The average Bonchev–Trinajstić information content (AvgIpc) is 3.06. The molecular weight excluding hydrogens is 242 g/mol. The van der Waals surface area contributed by atoms with E-state index in [1.165, 1.54) is 0 Å². The summed E-state index contributed by atoms with van der Waals surface area (Å²) in [6.07, 6.45) is 3.09. The van der Waals surface area contributed by atoms with Crippen LogP contribution in [0.2, 0.25) is 0 Å². The van der Waals surface area contributed by atoms with Gasteiger partial charge in [0.15, 0.2) is 11.5 Å². The maximum Gasteiger partial charge on any atom is 0.231 e. The third-order valence-corrected chi connectivity index (χ3v) is 3.00. The van der Waals surface area contributed by atoms with Gasteiger partial charge in [0.25, 0.3) is 0 Å². The fourth-order valence-electron chi connectivity index (χ4n) is 2.02. The van der Waals surface area contributed by atoms with Crippen molar-refractivity contribution in [3.05, 3.63) is 36.2 Å². The summed E-state index contributed by atoms with van der Waals surface area (Å²) >= 11 is 0. The molecule has 5 heteroatoms. The summed E-state index contributed by atoms with van der Waals surface area (Å²) in [6, 6.07) is 7.85. The molecule has 1 aliphatic rings. The number of fused-ring (bicyclic) bond motifs is 1. The first-order valence-corrected chi connectivity index (χ1v) is 6.52. The van der Waals surface area contributed by atoms with Crippen LogP contribution in [0.5, 0.6) is 11.5 Å². The first kappa shape index (κ1) is 12.0. The molecule has 3 rings (SSSR count). The van der Waals surface area contributed by atoms with E-state index in [1.807, 2.05) is 35.1 Å². The van der Waals surface area contributed by atoms with Crippen molar-refractivity contribution in [2.75, 3.05) is 13.3 Å². The predicted octanol–water partition coefficient (Wildman–Crippen LogP) is 2.10. The Hall–Kier alpha value is -2.01. The monoisotopic (exact) mass is 259 g/mol. The number of rotatable bonds is 5. The van der Waals surface area contributed by atoms with Gasteiger partial charge >= 0.3 is 0 Å². The van der Waals surface area contributed by atoms with Crippen LogP contribution < -0.4 is 14.8 Å². The summed E-state index contributed by atoms with van der Waals surface area (Å²) in [4.78, 5) is 0. The van der Waals surface area contributed by atoms with Crippen LogP contribution >= 0.6 is 0 Å². The summed E-state index contributed by atoms with van der Waals surface area (Å²) in [7, 11) is 0. The topological polar surface area (TPSA) is 48.3 Å². The number of nitrogens with one attached hydrogen (secondary N) is 1. The SMILES string of the molecule is CCCNCc1ccn(-c2ccc3c(c2)OCO3)n1. The van der Waals surface area contributed by atoms with Crippen LogP contribution in [0.1, 0.15) is 19.0 Å². The van der Waals surface area contributed by atoms with E-state index in [9.17, 15) is 0 Å². The second kappa shape index (κ2) is 5.32. The van der Waals surface area contributed by atoms with Gasteiger partial charge in [-0.15, -0.1) is 0 Å². The zero-order valence-electron chi connectivity index (χ0n) is 10.9. The number of nitrogens with zero attached hydrogens (tertiary/aromatic N) is 2. The molecule has 100 valence electrons. The molecule has 0 amide bonds. The lowest BCUT2D eigenvalue weighted by atomic mass is 10.3. The summed E-state index contributed by atoms with van der Waals surface area (Å²) < 4.78 is 12.5. The Morgan fingerprint density at radius 1 is 1.26 bits per heavy atom. The van der Waals surface area contributed by atoms with E-state index in [0.29, 0.717) is 6.79 Å². The molecule has 0 fully saturated rings.